The summed E-state index contributed by atoms with van der Waals surface area (Å²) in [5.74, 6) is 1.13. The molecule has 0 bridgehead atoms. The molecule has 8 nitrogen and oxygen atoms in total. The molecule has 1 amide bonds. The van der Waals surface area contributed by atoms with E-state index in [4.69, 9.17) is 14.2 Å². The number of likely N-dealkylation sites (tertiary alicyclic amines) is 1. The zero-order valence-corrected chi connectivity index (χ0v) is 20.1. The molecule has 3 aromatic rings. The van der Waals surface area contributed by atoms with E-state index in [9.17, 15) is 9.59 Å². The second kappa shape index (κ2) is 9.75. The summed E-state index contributed by atoms with van der Waals surface area (Å²) in [5, 5.41) is 0.935. The number of esters is 1. The van der Waals surface area contributed by atoms with Gasteiger partial charge in [-0.1, -0.05) is 0 Å². The molecule has 1 aliphatic rings. The molecule has 180 valence electrons. The third-order valence-corrected chi connectivity index (χ3v) is 5.57. The number of benzene rings is 1. The topological polar surface area (TPSA) is 82.9 Å². The number of fused-ring (bicyclic) bond motifs is 1. The lowest BCUT2D eigenvalue weighted by Gasteiger charge is -2.33. The molecule has 0 N–H and O–H groups in total. The van der Waals surface area contributed by atoms with Crippen LogP contribution in [0, 0.1) is 0 Å². The molecule has 0 saturated carbocycles. The monoisotopic (exact) mass is 465 g/mol. The summed E-state index contributed by atoms with van der Waals surface area (Å²) in [7, 11) is 0. The summed E-state index contributed by atoms with van der Waals surface area (Å²) in [5.41, 5.74) is 0.983. The molecule has 0 spiro atoms. The van der Waals surface area contributed by atoms with E-state index in [1.54, 1.807) is 24.1 Å². The predicted octanol–water partition coefficient (Wildman–Crippen LogP) is 4.98. The van der Waals surface area contributed by atoms with Gasteiger partial charge in [-0.15, -0.1) is 0 Å². The Morgan fingerprint density at radius 1 is 1.09 bits per heavy atom. The maximum Gasteiger partial charge on any atom is 0.410 e. The number of carbonyl (C=O) groups excluding carboxylic acids is 2. The molecule has 1 fully saturated rings. The van der Waals surface area contributed by atoms with Gasteiger partial charge in [-0.05, 0) is 64.1 Å². The van der Waals surface area contributed by atoms with Crippen molar-refractivity contribution in [3.63, 3.8) is 0 Å². The molecule has 8 heteroatoms. The van der Waals surface area contributed by atoms with Crippen LogP contribution in [0.4, 0.5) is 4.79 Å². The molecule has 0 radical (unpaired) electrons. The van der Waals surface area contributed by atoms with Crippen molar-refractivity contribution in [3.05, 3.63) is 54.4 Å². The average Bonchev–Trinajstić information content (AvgIpc) is 3.22. The number of rotatable bonds is 5. The third-order valence-electron chi connectivity index (χ3n) is 5.57. The fourth-order valence-electron chi connectivity index (χ4n) is 3.94. The van der Waals surface area contributed by atoms with Crippen LogP contribution in [-0.4, -0.2) is 57.9 Å². The number of amides is 1. The Labute approximate surface area is 199 Å². The lowest BCUT2D eigenvalue weighted by Crippen LogP contribution is -2.44. The SMILES string of the molecule is CCOC(=O)c1ccc2c(ccn2-c2ccc(OC3CCN(C(=O)OC(C)(C)C)CC3)cn2)c1. The van der Waals surface area contributed by atoms with E-state index in [1.807, 2.05) is 61.9 Å². The van der Waals surface area contributed by atoms with Gasteiger partial charge < -0.3 is 23.7 Å². The summed E-state index contributed by atoms with van der Waals surface area (Å²) in [6.45, 7) is 8.96. The lowest BCUT2D eigenvalue weighted by molar-refractivity contribution is 0.0126. The number of hydrogen-bond donors (Lipinski definition) is 0. The zero-order valence-electron chi connectivity index (χ0n) is 20.1. The maximum atomic E-state index is 12.2. The van der Waals surface area contributed by atoms with Gasteiger partial charge in [0.2, 0.25) is 0 Å². The van der Waals surface area contributed by atoms with Crippen LogP contribution in [0.5, 0.6) is 5.75 Å². The standard InChI is InChI=1S/C26H31N3O5/c1-5-32-24(30)19-6-8-22-18(16-19)10-15-29(22)23-9-7-21(17-27-23)33-20-11-13-28(14-12-20)25(31)34-26(2,3)4/h6-10,15-17,20H,5,11-14H2,1-4H3. The Morgan fingerprint density at radius 3 is 2.50 bits per heavy atom. The molecule has 0 atom stereocenters. The second-order valence-electron chi connectivity index (χ2n) is 9.32. The minimum Gasteiger partial charge on any atom is -0.489 e. The molecule has 4 rings (SSSR count). The minimum atomic E-state index is -0.494. The van der Waals surface area contributed by atoms with E-state index in [2.05, 4.69) is 4.98 Å². The van der Waals surface area contributed by atoms with Crippen LogP contribution in [0.3, 0.4) is 0 Å². The molecule has 1 aromatic carbocycles. The predicted molar refractivity (Wildman–Crippen MR) is 128 cm³/mol. The Kier molecular flexibility index (Phi) is 6.77. The largest absolute Gasteiger partial charge is 0.489 e. The fraction of sp³-hybridized carbons (Fsp3) is 0.423. The first-order valence-corrected chi connectivity index (χ1v) is 11.6. The van der Waals surface area contributed by atoms with Crippen LogP contribution < -0.4 is 4.74 Å². The van der Waals surface area contributed by atoms with Crippen molar-refractivity contribution in [3.8, 4) is 11.6 Å². The van der Waals surface area contributed by atoms with Gasteiger partial charge in [-0.2, -0.15) is 0 Å². The highest BCUT2D eigenvalue weighted by Crippen LogP contribution is 2.24. The van der Waals surface area contributed by atoms with Crippen molar-refractivity contribution in [2.24, 2.45) is 0 Å². The Bertz CT molecular complexity index is 1160. The minimum absolute atomic E-state index is 0.0278. The number of aromatic nitrogens is 2. The van der Waals surface area contributed by atoms with E-state index in [0.717, 1.165) is 29.6 Å². The molecular weight excluding hydrogens is 434 g/mol. The molecule has 34 heavy (non-hydrogen) atoms. The summed E-state index contributed by atoms with van der Waals surface area (Å²) in [6, 6.07) is 11.2. The number of nitrogens with zero attached hydrogens (tertiary/aromatic N) is 3. The van der Waals surface area contributed by atoms with Crippen molar-refractivity contribution in [1.82, 2.24) is 14.5 Å². The van der Waals surface area contributed by atoms with E-state index in [-0.39, 0.29) is 18.2 Å². The van der Waals surface area contributed by atoms with Crippen LogP contribution in [-0.2, 0) is 9.47 Å². The molecule has 0 unspecified atom stereocenters. The molecule has 1 aliphatic heterocycles. The first-order valence-electron chi connectivity index (χ1n) is 11.6. The number of hydrogen-bond acceptors (Lipinski definition) is 6. The fourth-order valence-corrected chi connectivity index (χ4v) is 3.94. The van der Waals surface area contributed by atoms with Crippen LogP contribution in [0.25, 0.3) is 16.7 Å². The third kappa shape index (κ3) is 5.50. The van der Waals surface area contributed by atoms with Crippen molar-refractivity contribution < 1.29 is 23.8 Å². The van der Waals surface area contributed by atoms with Gasteiger partial charge in [-0.25, -0.2) is 14.6 Å². The first-order chi connectivity index (χ1) is 16.2. The highest BCUT2D eigenvalue weighted by Gasteiger charge is 2.27. The van der Waals surface area contributed by atoms with E-state index in [1.165, 1.54) is 0 Å². The Balaban J connectivity index is 1.37. The number of piperidine rings is 1. The Morgan fingerprint density at radius 2 is 1.85 bits per heavy atom. The average molecular weight is 466 g/mol. The Hall–Kier alpha value is -3.55. The van der Waals surface area contributed by atoms with Gasteiger partial charge in [-0.3, -0.25) is 0 Å². The normalized spacial score (nSPS) is 14.8. The molecule has 1 saturated heterocycles. The molecule has 3 heterocycles. The molecule has 2 aromatic heterocycles. The molecular formula is C26H31N3O5. The van der Waals surface area contributed by atoms with Gasteiger partial charge in [0.05, 0.1) is 23.9 Å². The van der Waals surface area contributed by atoms with Gasteiger partial charge in [0.1, 0.15) is 23.3 Å². The summed E-state index contributed by atoms with van der Waals surface area (Å²) >= 11 is 0. The van der Waals surface area contributed by atoms with Crippen LogP contribution in [0.2, 0.25) is 0 Å². The van der Waals surface area contributed by atoms with Crippen molar-refractivity contribution >= 4 is 23.0 Å². The number of carbonyl (C=O) groups is 2. The van der Waals surface area contributed by atoms with Gasteiger partial charge in [0, 0.05) is 37.5 Å². The summed E-state index contributed by atoms with van der Waals surface area (Å²) in [4.78, 5) is 30.5. The smallest absolute Gasteiger partial charge is 0.410 e. The summed E-state index contributed by atoms with van der Waals surface area (Å²) in [6.07, 6.45) is 4.88. The maximum absolute atomic E-state index is 12.2. The molecule has 0 aliphatic carbocycles. The first kappa shape index (κ1) is 23.6. The van der Waals surface area contributed by atoms with Crippen molar-refractivity contribution in [1.29, 1.82) is 0 Å². The van der Waals surface area contributed by atoms with Crippen molar-refractivity contribution in [2.75, 3.05) is 19.7 Å². The quantitative estimate of drug-likeness (QED) is 0.494. The van der Waals surface area contributed by atoms with E-state index in [0.29, 0.717) is 31.0 Å². The van der Waals surface area contributed by atoms with Crippen LogP contribution in [0.15, 0.2) is 48.8 Å². The number of ether oxygens (including phenoxy) is 3. The van der Waals surface area contributed by atoms with Gasteiger partial charge in [0.15, 0.2) is 0 Å². The number of pyridine rings is 1. The second-order valence-corrected chi connectivity index (χ2v) is 9.32. The van der Waals surface area contributed by atoms with Gasteiger partial charge >= 0.3 is 12.1 Å². The zero-order chi connectivity index (χ0) is 24.3. The highest BCUT2D eigenvalue weighted by molar-refractivity contribution is 5.95. The highest BCUT2D eigenvalue weighted by atomic mass is 16.6. The van der Waals surface area contributed by atoms with E-state index < -0.39 is 5.60 Å². The lowest BCUT2D eigenvalue weighted by atomic mass is 10.1. The summed E-state index contributed by atoms with van der Waals surface area (Å²) < 4.78 is 18.6. The van der Waals surface area contributed by atoms with Crippen LogP contribution >= 0.6 is 0 Å². The van der Waals surface area contributed by atoms with Crippen LogP contribution in [0.1, 0.15) is 50.9 Å². The van der Waals surface area contributed by atoms with E-state index >= 15 is 0 Å². The van der Waals surface area contributed by atoms with Crippen molar-refractivity contribution in [2.45, 2.75) is 52.2 Å². The van der Waals surface area contributed by atoms with Gasteiger partial charge in [0.25, 0.3) is 0 Å².